The molecule has 1 fully saturated rings. The summed E-state index contributed by atoms with van der Waals surface area (Å²) in [5.74, 6) is -1.02. The summed E-state index contributed by atoms with van der Waals surface area (Å²) >= 11 is 0. The Morgan fingerprint density at radius 1 is 1.56 bits per heavy atom. The zero-order valence-corrected chi connectivity index (χ0v) is 11.2. The number of likely N-dealkylation sites (tertiary alicyclic amines) is 1. The van der Waals surface area contributed by atoms with Gasteiger partial charge >= 0.3 is 12.0 Å². The topological polar surface area (TPSA) is 78.9 Å². The van der Waals surface area contributed by atoms with Gasteiger partial charge in [-0.3, -0.25) is 0 Å². The lowest BCUT2D eigenvalue weighted by Crippen LogP contribution is -2.57. The van der Waals surface area contributed by atoms with E-state index in [1.165, 1.54) is 6.92 Å². The van der Waals surface area contributed by atoms with E-state index in [4.69, 9.17) is 9.84 Å². The number of aliphatic carboxylic acids is 1. The minimum Gasteiger partial charge on any atom is -0.480 e. The Bertz CT molecular complexity index is 321. The lowest BCUT2D eigenvalue weighted by atomic mass is 9.99. The fourth-order valence-corrected chi connectivity index (χ4v) is 1.92. The number of hydrogen-bond acceptors (Lipinski definition) is 3. The van der Waals surface area contributed by atoms with Crippen LogP contribution in [0.5, 0.6) is 0 Å². The maximum Gasteiger partial charge on any atom is 0.329 e. The van der Waals surface area contributed by atoms with E-state index in [0.717, 1.165) is 12.8 Å². The van der Waals surface area contributed by atoms with Crippen LogP contribution in [-0.4, -0.2) is 53.8 Å². The number of nitrogens with one attached hydrogen (secondary N) is 1. The second-order valence-electron chi connectivity index (χ2n) is 4.87. The summed E-state index contributed by atoms with van der Waals surface area (Å²) in [5.41, 5.74) is -1.21. The Kier molecular flexibility index (Phi) is 4.95. The van der Waals surface area contributed by atoms with Gasteiger partial charge in [-0.05, 0) is 26.2 Å². The summed E-state index contributed by atoms with van der Waals surface area (Å²) in [6.07, 6.45) is 2.20. The standard InChI is InChI=1S/C12H22N2O4/c1-4-12(2,10(15)16)13-11(17)14-7-5-6-9(8-14)18-3/h9H,4-8H2,1-3H3,(H,13,17)(H,15,16). The number of carboxylic acid groups (broad SMARTS) is 1. The fourth-order valence-electron chi connectivity index (χ4n) is 1.92. The zero-order chi connectivity index (χ0) is 13.8. The van der Waals surface area contributed by atoms with E-state index >= 15 is 0 Å². The zero-order valence-electron chi connectivity index (χ0n) is 11.2. The average Bonchev–Trinajstić information content (AvgIpc) is 2.38. The molecule has 2 atom stereocenters. The van der Waals surface area contributed by atoms with Crippen molar-refractivity contribution >= 4 is 12.0 Å². The molecule has 1 aliphatic rings. The molecule has 2 amide bonds. The van der Waals surface area contributed by atoms with Crippen molar-refractivity contribution < 1.29 is 19.4 Å². The number of ether oxygens (including phenoxy) is 1. The molecule has 0 spiro atoms. The lowest BCUT2D eigenvalue weighted by Gasteiger charge is -2.34. The van der Waals surface area contributed by atoms with Crippen LogP contribution in [0.1, 0.15) is 33.1 Å². The molecule has 6 heteroatoms. The number of hydrogen-bond donors (Lipinski definition) is 2. The molecule has 6 nitrogen and oxygen atoms in total. The van der Waals surface area contributed by atoms with Gasteiger partial charge in [-0.2, -0.15) is 0 Å². The van der Waals surface area contributed by atoms with Gasteiger partial charge in [0.05, 0.1) is 6.10 Å². The molecule has 0 aromatic rings. The quantitative estimate of drug-likeness (QED) is 0.790. The Hall–Kier alpha value is -1.30. The Morgan fingerprint density at radius 3 is 2.72 bits per heavy atom. The Morgan fingerprint density at radius 2 is 2.22 bits per heavy atom. The van der Waals surface area contributed by atoms with Crippen LogP contribution in [0, 0.1) is 0 Å². The molecule has 0 bridgehead atoms. The summed E-state index contributed by atoms with van der Waals surface area (Å²) < 4.78 is 5.24. The molecule has 1 saturated heterocycles. The third kappa shape index (κ3) is 3.35. The highest BCUT2D eigenvalue weighted by Crippen LogP contribution is 2.15. The highest BCUT2D eigenvalue weighted by Gasteiger charge is 2.35. The first-order valence-corrected chi connectivity index (χ1v) is 6.26. The normalized spacial score (nSPS) is 23.3. The van der Waals surface area contributed by atoms with Crippen molar-refractivity contribution in [2.75, 3.05) is 20.2 Å². The summed E-state index contributed by atoms with van der Waals surface area (Å²) in [5, 5.41) is 11.7. The van der Waals surface area contributed by atoms with E-state index in [1.54, 1.807) is 18.9 Å². The molecule has 0 aromatic heterocycles. The number of urea groups is 1. The van der Waals surface area contributed by atoms with Crippen molar-refractivity contribution in [3.8, 4) is 0 Å². The third-order valence-corrected chi connectivity index (χ3v) is 3.56. The van der Waals surface area contributed by atoms with E-state index in [2.05, 4.69) is 5.32 Å². The molecule has 1 heterocycles. The number of methoxy groups -OCH3 is 1. The third-order valence-electron chi connectivity index (χ3n) is 3.56. The largest absolute Gasteiger partial charge is 0.480 e. The number of carbonyl (C=O) groups excluding carboxylic acids is 1. The Labute approximate surface area is 107 Å². The molecule has 0 aliphatic carbocycles. The summed E-state index contributed by atoms with van der Waals surface area (Å²) in [6, 6.07) is -0.330. The predicted octanol–water partition coefficient (Wildman–Crippen LogP) is 1.06. The summed E-state index contributed by atoms with van der Waals surface area (Å²) in [7, 11) is 1.62. The van der Waals surface area contributed by atoms with E-state index in [-0.39, 0.29) is 12.1 Å². The van der Waals surface area contributed by atoms with Crippen molar-refractivity contribution in [2.24, 2.45) is 0 Å². The van der Waals surface area contributed by atoms with Gasteiger partial charge in [-0.1, -0.05) is 6.92 Å². The van der Waals surface area contributed by atoms with Crippen molar-refractivity contribution in [3.63, 3.8) is 0 Å². The van der Waals surface area contributed by atoms with Gasteiger partial charge in [-0.25, -0.2) is 9.59 Å². The monoisotopic (exact) mass is 258 g/mol. The van der Waals surface area contributed by atoms with Gasteiger partial charge < -0.3 is 20.1 Å². The van der Waals surface area contributed by atoms with Gasteiger partial charge in [0.25, 0.3) is 0 Å². The second-order valence-corrected chi connectivity index (χ2v) is 4.87. The maximum absolute atomic E-state index is 12.0. The highest BCUT2D eigenvalue weighted by atomic mass is 16.5. The molecule has 104 valence electrons. The molecule has 1 rings (SSSR count). The first kappa shape index (κ1) is 14.8. The van der Waals surface area contributed by atoms with Crippen molar-refractivity contribution in [3.05, 3.63) is 0 Å². The van der Waals surface area contributed by atoms with Crippen LogP contribution in [0.25, 0.3) is 0 Å². The Balaban J connectivity index is 2.61. The molecule has 0 aromatic carbocycles. The van der Waals surface area contributed by atoms with E-state index in [0.29, 0.717) is 19.5 Å². The number of piperidine rings is 1. The highest BCUT2D eigenvalue weighted by molar-refractivity contribution is 5.85. The lowest BCUT2D eigenvalue weighted by molar-refractivity contribution is -0.143. The van der Waals surface area contributed by atoms with Gasteiger partial charge in [-0.15, -0.1) is 0 Å². The van der Waals surface area contributed by atoms with Gasteiger partial charge in [0, 0.05) is 20.2 Å². The first-order valence-electron chi connectivity index (χ1n) is 6.26. The van der Waals surface area contributed by atoms with Crippen LogP contribution in [0.4, 0.5) is 4.79 Å². The van der Waals surface area contributed by atoms with Crippen molar-refractivity contribution in [1.29, 1.82) is 0 Å². The van der Waals surface area contributed by atoms with Crippen LogP contribution in [0.3, 0.4) is 0 Å². The molecule has 1 aliphatic heterocycles. The smallest absolute Gasteiger partial charge is 0.329 e. The average molecular weight is 258 g/mol. The van der Waals surface area contributed by atoms with Crippen LogP contribution in [0.2, 0.25) is 0 Å². The van der Waals surface area contributed by atoms with E-state index in [9.17, 15) is 9.59 Å². The molecule has 2 unspecified atom stereocenters. The van der Waals surface area contributed by atoms with Crippen molar-refractivity contribution in [2.45, 2.75) is 44.8 Å². The number of nitrogens with zero attached hydrogens (tertiary/aromatic N) is 1. The van der Waals surface area contributed by atoms with Crippen LogP contribution in [0.15, 0.2) is 0 Å². The number of rotatable bonds is 4. The molecule has 0 saturated carbocycles. The fraction of sp³-hybridized carbons (Fsp3) is 0.833. The minimum atomic E-state index is -1.21. The molecular weight excluding hydrogens is 236 g/mol. The first-order chi connectivity index (χ1) is 8.42. The van der Waals surface area contributed by atoms with E-state index in [1.807, 2.05) is 0 Å². The molecule has 18 heavy (non-hydrogen) atoms. The molecular formula is C12H22N2O4. The number of carbonyl (C=O) groups is 2. The number of carboxylic acids is 1. The summed E-state index contributed by atoms with van der Waals surface area (Å²) in [4.78, 5) is 24.8. The summed E-state index contributed by atoms with van der Waals surface area (Å²) in [6.45, 7) is 4.42. The van der Waals surface area contributed by atoms with Gasteiger partial charge in [0.2, 0.25) is 0 Å². The van der Waals surface area contributed by atoms with E-state index < -0.39 is 11.5 Å². The van der Waals surface area contributed by atoms with Gasteiger partial charge in [0.15, 0.2) is 0 Å². The SMILES string of the molecule is CCC(C)(NC(=O)N1CCCC(OC)C1)C(=O)O. The number of amides is 2. The minimum absolute atomic E-state index is 0.0437. The van der Waals surface area contributed by atoms with Crippen molar-refractivity contribution in [1.82, 2.24) is 10.2 Å². The van der Waals surface area contributed by atoms with Gasteiger partial charge in [0.1, 0.15) is 5.54 Å². The van der Waals surface area contributed by atoms with Crippen LogP contribution >= 0.6 is 0 Å². The van der Waals surface area contributed by atoms with Crippen LogP contribution < -0.4 is 5.32 Å². The van der Waals surface area contributed by atoms with Crippen LogP contribution in [-0.2, 0) is 9.53 Å². The molecule has 2 N–H and O–H groups in total. The molecule has 0 radical (unpaired) electrons. The predicted molar refractivity (Wildman–Crippen MR) is 66.5 cm³/mol. The maximum atomic E-state index is 12.0. The second kappa shape index (κ2) is 6.04.